The van der Waals surface area contributed by atoms with Gasteiger partial charge in [0.2, 0.25) is 0 Å². The van der Waals surface area contributed by atoms with Gasteiger partial charge in [-0.25, -0.2) is 0 Å². The summed E-state index contributed by atoms with van der Waals surface area (Å²) in [6.07, 6.45) is -5.99. The number of quaternary nitrogens is 1. The van der Waals surface area contributed by atoms with Gasteiger partial charge in [0.05, 0.1) is 29.7 Å². The van der Waals surface area contributed by atoms with Gasteiger partial charge in [0, 0.05) is 35.9 Å². The van der Waals surface area contributed by atoms with Gasteiger partial charge in [-0.2, -0.15) is 26.3 Å². The highest BCUT2D eigenvalue weighted by molar-refractivity contribution is 5.82. The van der Waals surface area contributed by atoms with E-state index in [0.29, 0.717) is 30.6 Å². The Morgan fingerprint density at radius 3 is 2.35 bits per heavy atom. The lowest BCUT2D eigenvalue weighted by Gasteiger charge is -2.58. The molecule has 3 aliphatic heterocycles. The van der Waals surface area contributed by atoms with Crippen LogP contribution in [-0.4, -0.2) is 33.7 Å². The van der Waals surface area contributed by atoms with Crippen LogP contribution in [0.2, 0.25) is 0 Å². The third-order valence-corrected chi connectivity index (χ3v) is 8.19. The quantitative estimate of drug-likeness (QED) is 0.225. The zero-order valence-electron chi connectivity index (χ0n) is 19.9. The molecule has 37 heavy (non-hydrogen) atoms. The van der Waals surface area contributed by atoms with Crippen molar-refractivity contribution in [2.24, 2.45) is 11.8 Å². The Morgan fingerprint density at radius 2 is 1.70 bits per heavy atom. The molecule has 3 fully saturated rings. The first-order chi connectivity index (χ1) is 17.4. The Kier molecular flexibility index (Phi) is 6.35. The number of para-hydroxylation sites is 1. The largest absolute Gasteiger partial charge is 0.416 e. The van der Waals surface area contributed by atoms with Crippen molar-refractivity contribution in [2.45, 2.75) is 43.9 Å². The minimum Gasteiger partial charge on any atom is -0.382 e. The number of hydrogen-bond donors (Lipinski definition) is 1. The van der Waals surface area contributed by atoms with E-state index in [4.69, 9.17) is 0 Å². The number of halogens is 6. The molecule has 0 aliphatic carbocycles. The molecule has 3 aliphatic rings. The zero-order chi connectivity index (χ0) is 26.6. The van der Waals surface area contributed by atoms with E-state index in [0.717, 1.165) is 23.9 Å². The second kappa shape index (κ2) is 9.13. The Bertz CT molecular complexity index is 1280. The molecule has 0 radical (unpaired) electrons. The van der Waals surface area contributed by atoms with Crippen molar-refractivity contribution in [1.82, 2.24) is 4.98 Å². The topological polar surface area (TPSA) is 33.1 Å². The van der Waals surface area contributed by atoms with E-state index < -0.39 is 35.6 Å². The van der Waals surface area contributed by atoms with Crippen LogP contribution in [0, 0.1) is 11.8 Å². The molecule has 4 unspecified atom stereocenters. The molecular formula is C28H27F6N2O+. The van der Waals surface area contributed by atoms with E-state index in [1.54, 1.807) is 12.3 Å². The molecule has 0 amide bonds. The van der Waals surface area contributed by atoms with Crippen LogP contribution in [0.15, 0.2) is 67.4 Å². The lowest BCUT2D eigenvalue weighted by molar-refractivity contribution is -0.984. The van der Waals surface area contributed by atoms with Crippen molar-refractivity contribution in [3.63, 3.8) is 0 Å². The molecule has 5 atom stereocenters. The van der Waals surface area contributed by atoms with Crippen molar-refractivity contribution < 1.29 is 35.9 Å². The van der Waals surface area contributed by atoms with Crippen LogP contribution in [-0.2, 0) is 18.9 Å². The Balaban J connectivity index is 1.59. The van der Waals surface area contributed by atoms with Crippen LogP contribution in [0.25, 0.3) is 10.9 Å². The molecule has 4 heterocycles. The lowest BCUT2D eigenvalue weighted by atomic mass is 9.71. The monoisotopic (exact) mass is 521 g/mol. The van der Waals surface area contributed by atoms with Gasteiger partial charge in [0.25, 0.3) is 0 Å². The number of rotatable bonds is 5. The van der Waals surface area contributed by atoms with Gasteiger partial charge in [-0.15, -0.1) is 6.58 Å². The molecule has 2 bridgehead atoms. The van der Waals surface area contributed by atoms with Crippen LogP contribution >= 0.6 is 0 Å². The molecule has 196 valence electrons. The van der Waals surface area contributed by atoms with Gasteiger partial charge in [-0.1, -0.05) is 24.3 Å². The van der Waals surface area contributed by atoms with E-state index >= 15 is 0 Å². The molecular weight excluding hydrogens is 494 g/mol. The number of benzene rings is 2. The number of aromatic nitrogens is 1. The van der Waals surface area contributed by atoms with Crippen molar-refractivity contribution in [3.05, 3.63) is 89.6 Å². The molecule has 0 saturated carbocycles. The SMILES string of the molecule is C=CC1C[N+]2(Cc3cc(C(F)(F)F)cc(C(F)(F)F)c3)CCC1CC2[C@@H](O)c1ccnc2ccccc12. The summed E-state index contributed by atoms with van der Waals surface area (Å²) in [6, 6.07) is 10.5. The van der Waals surface area contributed by atoms with Gasteiger partial charge < -0.3 is 9.59 Å². The minimum absolute atomic E-state index is 0.0397. The zero-order valence-corrected chi connectivity index (χ0v) is 19.9. The van der Waals surface area contributed by atoms with Crippen molar-refractivity contribution in [2.75, 3.05) is 13.1 Å². The fourth-order valence-electron chi connectivity index (χ4n) is 6.44. The predicted molar refractivity (Wildman–Crippen MR) is 127 cm³/mol. The summed E-state index contributed by atoms with van der Waals surface area (Å²) in [5.41, 5.74) is -1.31. The van der Waals surface area contributed by atoms with Gasteiger partial charge in [-0.05, 0) is 41.8 Å². The van der Waals surface area contributed by atoms with Crippen LogP contribution < -0.4 is 0 Å². The molecule has 3 saturated heterocycles. The van der Waals surface area contributed by atoms with Crippen LogP contribution in [0.1, 0.15) is 41.2 Å². The average Bonchev–Trinajstić information content (AvgIpc) is 2.86. The Hall–Kier alpha value is -2.91. The number of nitrogens with zero attached hydrogens (tertiary/aromatic N) is 2. The highest BCUT2D eigenvalue weighted by atomic mass is 19.4. The standard InChI is InChI=1S/C28H27F6N2O/c1-2-18-16-36(15-17-11-20(27(29,30)31)14-21(12-17)28(32,33)34)10-8-19(18)13-25(36)26(37)23-7-9-35-24-6-4-3-5-22(23)24/h2-7,9,11-12,14,18-19,25-26,37H,1,8,10,13,15-16H2/q+1/t18?,19?,25?,26-,36?/m0/s1. The molecule has 3 aromatic rings. The van der Waals surface area contributed by atoms with E-state index in [1.165, 1.54) is 0 Å². The third-order valence-electron chi connectivity index (χ3n) is 8.19. The molecule has 0 spiro atoms. The predicted octanol–water partition coefficient (Wildman–Crippen LogP) is 6.92. The molecule has 9 heteroatoms. The van der Waals surface area contributed by atoms with E-state index in [1.807, 2.05) is 30.3 Å². The summed E-state index contributed by atoms with van der Waals surface area (Å²) in [6.45, 7) is 4.93. The first-order valence-electron chi connectivity index (χ1n) is 12.2. The normalized spacial score (nSPS) is 26.8. The number of fused-ring (bicyclic) bond motifs is 4. The third kappa shape index (κ3) is 4.75. The van der Waals surface area contributed by atoms with Crippen molar-refractivity contribution >= 4 is 10.9 Å². The summed E-state index contributed by atoms with van der Waals surface area (Å²) in [4.78, 5) is 4.35. The number of pyridine rings is 1. The van der Waals surface area contributed by atoms with Crippen molar-refractivity contribution in [3.8, 4) is 0 Å². The van der Waals surface area contributed by atoms with Gasteiger partial charge in [0.15, 0.2) is 0 Å². The van der Waals surface area contributed by atoms with Gasteiger partial charge in [0.1, 0.15) is 18.7 Å². The van der Waals surface area contributed by atoms with Crippen LogP contribution in [0.5, 0.6) is 0 Å². The molecule has 1 aromatic heterocycles. The van der Waals surface area contributed by atoms with Gasteiger partial charge >= 0.3 is 12.4 Å². The maximum Gasteiger partial charge on any atom is 0.416 e. The number of alkyl halides is 6. The maximum atomic E-state index is 13.6. The summed E-state index contributed by atoms with van der Waals surface area (Å²) >= 11 is 0. The van der Waals surface area contributed by atoms with Crippen LogP contribution in [0.3, 0.4) is 0 Å². The lowest BCUT2D eigenvalue weighted by Crippen LogP contribution is -2.67. The summed E-state index contributed by atoms with van der Waals surface area (Å²) in [5, 5.41) is 12.5. The van der Waals surface area contributed by atoms with Gasteiger partial charge in [-0.3, -0.25) is 4.98 Å². The number of hydrogen-bond acceptors (Lipinski definition) is 2. The van der Waals surface area contributed by atoms with E-state index in [2.05, 4.69) is 11.6 Å². The molecule has 6 rings (SSSR count). The Labute approximate surface area is 210 Å². The highest BCUT2D eigenvalue weighted by Crippen LogP contribution is 2.48. The Morgan fingerprint density at radius 1 is 1.03 bits per heavy atom. The second-order valence-corrected chi connectivity index (χ2v) is 10.3. The number of aliphatic hydroxyl groups excluding tert-OH is 1. The number of piperidine rings is 3. The first-order valence-corrected chi connectivity index (χ1v) is 12.2. The molecule has 1 N–H and O–H groups in total. The molecule has 3 nitrogen and oxygen atoms in total. The average molecular weight is 522 g/mol. The second-order valence-electron chi connectivity index (χ2n) is 10.3. The maximum absolute atomic E-state index is 13.6. The summed E-state index contributed by atoms with van der Waals surface area (Å²) in [7, 11) is 0. The highest BCUT2D eigenvalue weighted by Gasteiger charge is 2.54. The molecule has 2 aromatic carbocycles. The smallest absolute Gasteiger partial charge is 0.382 e. The summed E-state index contributed by atoms with van der Waals surface area (Å²) < 4.78 is 81.6. The fraction of sp³-hybridized carbons (Fsp3) is 0.393. The van der Waals surface area contributed by atoms with Crippen LogP contribution in [0.4, 0.5) is 26.3 Å². The minimum atomic E-state index is -4.91. The number of aliphatic hydroxyl groups is 1. The van der Waals surface area contributed by atoms with E-state index in [9.17, 15) is 31.4 Å². The summed E-state index contributed by atoms with van der Waals surface area (Å²) in [5.74, 6) is 0.316. The first kappa shape index (κ1) is 25.7. The van der Waals surface area contributed by atoms with Crippen molar-refractivity contribution in [1.29, 1.82) is 0 Å². The fourth-order valence-corrected chi connectivity index (χ4v) is 6.44. The van der Waals surface area contributed by atoms with E-state index in [-0.39, 0.29) is 34.5 Å².